The third-order valence-electron chi connectivity index (χ3n) is 4.47. The van der Waals surface area contributed by atoms with E-state index in [1.54, 1.807) is 5.32 Å². The first-order chi connectivity index (χ1) is 15.1. The summed E-state index contributed by atoms with van der Waals surface area (Å²) in [5.74, 6) is -1.99. The highest BCUT2D eigenvalue weighted by Crippen LogP contribution is 2.24. The molecule has 0 fully saturated rings. The van der Waals surface area contributed by atoms with Gasteiger partial charge in [-0.15, -0.1) is 0 Å². The molecule has 0 aliphatic carbocycles. The number of nitrogens with one attached hydrogen (secondary N) is 1. The fraction of sp³-hybridized carbons (Fsp3) is 0.190. The summed E-state index contributed by atoms with van der Waals surface area (Å²) in [4.78, 5) is 25.6. The molecule has 3 aromatic rings. The van der Waals surface area contributed by atoms with Gasteiger partial charge in [0.1, 0.15) is 17.4 Å². The van der Waals surface area contributed by atoms with Gasteiger partial charge in [0.05, 0.1) is 11.4 Å². The molecule has 0 radical (unpaired) electrons. The zero-order valence-electron chi connectivity index (χ0n) is 16.2. The summed E-state index contributed by atoms with van der Waals surface area (Å²) < 4.78 is 54.0. The van der Waals surface area contributed by atoms with Crippen LogP contribution in [0, 0.1) is 5.82 Å². The third-order valence-corrected chi connectivity index (χ3v) is 4.72. The number of hydrogen-bond donors (Lipinski definition) is 2. The maximum atomic E-state index is 13.7. The molecule has 0 bridgehead atoms. The molecule has 1 amide bonds. The minimum Gasteiger partial charge on any atom is -0.396 e. The number of amides is 1. The van der Waals surface area contributed by atoms with Gasteiger partial charge in [-0.3, -0.25) is 9.59 Å². The Morgan fingerprint density at radius 2 is 1.84 bits per heavy atom. The molecule has 0 aliphatic rings. The molecule has 6 nitrogen and oxygen atoms in total. The van der Waals surface area contributed by atoms with Gasteiger partial charge in [-0.1, -0.05) is 29.8 Å². The first kappa shape index (κ1) is 23.4. The number of carbonyl (C=O) groups excluding carboxylic acids is 1. The second-order valence-corrected chi connectivity index (χ2v) is 7.16. The van der Waals surface area contributed by atoms with Gasteiger partial charge < -0.3 is 10.4 Å². The van der Waals surface area contributed by atoms with Crippen molar-refractivity contribution in [2.75, 3.05) is 6.61 Å². The first-order valence-corrected chi connectivity index (χ1v) is 9.62. The summed E-state index contributed by atoms with van der Waals surface area (Å²) in [6.07, 6.45) is -5.63. The molecule has 1 heterocycles. The van der Waals surface area contributed by atoms with E-state index < -0.39 is 48.1 Å². The summed E-state index contributed by atoms with van der Waals surface area (Å²) in [7, 11) is 0. The minimum absolute atomic E-state index is 0.0254. The van der Waals surface area contributed by atoms with Gasteiger partial charge in [0.2, 0.25) is 0 Å². The van der Waals surface area contributed by atoms with Gasteiger partial charge in [0.15, 0.2) is 0 Å². The zero-order chi connectivity index (χ0) is 23.5. The van der Waals surface area contributed by atoms with Crippen molar-refractivity contribution in [1.82, 2.24) is 15.1 Å². The number of alkyl halides is 3. The maximum absolute atomic E-state index is 13.7. The smallest absolute Gasteiger partial charge is 0.396 e. The summed E-state index contributed by atoms with van der Waals surface area (Å²) >= 11 is 5.87. The van der Waals surface area contributed by atoms with Crippen LogP contribution in [0.4, 0.5) is 17.6 Å². The monoisotopic (exact) mass is 469 g/mol. The molecule has 0 saturated heterocycles. The van der Waals surface area contributed by atoms with E-state index in [2.05, 4.69) is 5.10 Å². The number of aliphatic hydroxyl groups excluding tert-OH is 1. The molecule has 0 unspecified atom stereocenters. The van der Waals surface area contributed by atoms with Crippen molar-refractivity contribution in [3.8, 4) is 16.9 Å². The highest BCUT2D eigenvalue weighted by Gasteiger charge is 2.40. The molecule has 2 N–H and O–H groups in total. The highest BCUT2D eigenvalue weighted by atomic mass is 35.5. The van der Waals surface area contributed by atoms with Gasteiger partial charge in [-0.25, -0.2) is 4.39 Å². The summed E-state index contributed by atoms with van der Waals surface area (Å²) in [5, 5.41) is 15.2. The van der Waals surface area contributed by atoms with E-state index in [9.17, 15) is 27.2 Å². The Morgan fingerprint density at radius 3 is 2.44 bits per heavy atom. The lowest BCUT2D eigenvalue weighted by Gasteiger charge is -2.21. The fourth-order valence-electron chi connectivity index (χ4n) is 2.88. The summed E-state index contributed by atoms with van der Waals surface area (Å²) in [5.41, 5.74) is -1.22. The average molecular weight is 470 g/mol. The second-order valence-electron chi connectivity index (χ2n) is 6.73. The molecule has 0 aliphatic heterocycles. The first-order valence-electron chi connectivity index (χ1n) is 9.25. The summed E-state index contributed by atoms with van der Waals surface area (Å²) in [6, 6.07) is 9.60. The molecule has 11 heteroatoms. The van der Waals surface area contributed by atoms with Gasteiger partial charge in [-0.2, -0.15) is 23.0 Å². The third kappa shape index (κ3) is 5.32. The molecule has 168 valence electrons. The van der Waals surface area contributed by atoms with Crippen LogP contribution in [-0.4, -0.2) is 39.6 Å². The van der Waals surface area contributed by atoms with Crippen molar-refractivity contribution in [1.29, 1.82) is 0 Å². The Bertz CT molecular complexity index is 1180. The van der Waals surface area contributed by atoms with Crippen LogP contribution in [0.2, 0.25) is 5.02 Å². The average Bonchev–Trinajstić information content (AvgIpc) is 2.73. The van der Waals surface area contributed by atoms with Gasteiger partial charge in [0, 0.05) is 17.2 Å². The van der Waals surface area contributed by atoms with Crippen LogP contribution in [0.1, 0.15) is 16.8 Å². The van der Waals surface area contributed by atoms with E-state index in [-0.39, 0.29) is 11.4 Å². The molecule has 2 aromatic carbocycles. The van der Waals surface area contributed by atoms with E-state index in [4.69, 9.17) is 16.7 Å². The van der Waals surface area contributed by atoms with Crippen molar-refractivity contribution in [2.24, 2.45) is 0 Å². The standard InChI is InChI=1S/C21H16ClF4N3O3/c22-13-6-4-12(5-7-13)17-11-16(19(31)27-18(8-9-30)21(24,25)26)20(32)29(28-17)15-3-1-2-14(23)10-15/h1-7,10-11,18,30H,8-9H2,(H,27,31)/t18-/m0/s1. The van der Waals surface area contributed by atoms with E-state index in [0.29, 0.717) is 10.6 Å². The van der Waals surface area contributed by atoms with E-state index in [0.717, 1.165) is 22.9 Å². The predicted molar refractivity (Wildman–Crippen MR) is 109 cm³/mol. The normalized spacial score (nSPS) is 12.4. The van der Waals surface area contributed by atoms with Crippen LogP contribution in [0.15, 0.2) is 59.4 Å². The van der Waals surface area contributed by atoms with Crippen LogP contribution in [0.5, 0.6) is 0 Å². The lowest BCUT2D eigenvalue weighted by atomic mass is 10.1. The van der Waals surface area contributed by atoms with E-state index in [1.807, 2.05) is 0 Å². The molecule has 0 spiro atoms. The van der Waals surface area contributed by atoms with Crippen molar-refractivity contribution in [3.63, 3.8) is 0 Å². The zero-order valence-corrected chi connectivity index (χ0v) is 17.0. The SMILES string of the molecule is O=C(N[C@@H](CCO)C(F)(F)F)c1cc(-c2ccc(Cl)cc2)nn(-c2cccc(F)c2)c1=O. The number of nitrogens with zero attached hydrogens (tertiary/aromatic N) is 2. The predicted octanol–water partition coefficient (Wildman–Crippen LogP) is 3.74. The molecule has 0 saturated carbocycles. The van der Waals surface area contributed by atoms with Crippen molar-refractivity contribution >= 4 is 17.5 Å². The van der Waals surface area contributed by atoms with E-state index >= 15 is 0 Å². The van der Waals surface area contributed by atoms with Gasteiger partial charge in [0.25, 0.3) is 11.5 Å². The largest absolute Gasteiger partial charge is 0.408 e. The molecule has 32 heavy (non-hydrogen) atoms. The van der Waals surface area contributed by atoms with Crippen molar-refractivity contribution < 1.29 is 27.5 Å². The van der Waals surface area contributed by atoms with Crippen molar-refractivity contribution in [3.05, 3.63) is 81.4 Å². The molecule has 3 rings (SSSR count). The lowest BCUT2D eigenvalue weighted by molar-refractivity contribution is -0.156. The van der Waals surface area contributed by atoms with Crippen LogP contribution >= 0.6 is 11.6 Å². The number of carbonyl (C=O) groups is 1. The number of benzene rings is 2. The topological polar surface area (TPSA) is 84.2 Å². The lowest BCUT2D eigenvalue weighted by Crippen LogP contribution is -2.47. The number of aliphatic hydroxyl groups is 1. The highest BCUT2D eigenvalue weighted by molar-refractivity contribution is 6.30. The minimum atomic E-state index is -4.84. The quantitative estimate of drug-likeness (QED) is 0.539. The van der Waals surface area contributed by atoms with Gasteiger partial charge >= 0.3 is 6.18 Å². The second kappa shape index (κ2) is 9.49. The Hall–Kier alpha value is -3.24. The van der Waals surface area contributed by atoms with Crippen LogP contribution in [0.25, 0.3) is 16.9 Å². The Kier molecular flexibility index (Phi) is 6.95. The molecular formula is C21H16ClF4N3O3. The summed E-state index contributed by atoms with van der Waals surface area (Å²) in [6.45, 7) is -0.829. The van der Waals surface area contributed by atoms with Crippen molar-refractivity contribution in [2.45, 2.75) is 18.6 Å². The van der Waals surface area contributed by atoms with E-state index in [1.165, 1.54) is 36.4 Å². The molecule has 1 atom stereocenters. The number of hydrogen-bond acceptors (Lipinski definition) is 4. The maximum Gasteiger partial charge on any atom is 0.408 e. The van der Waals surface area contributed by atoms with Crippen LogP contribution in [-0.2, 0) is 0 Å². The Morgan fingerprint density at radius 1 is 1.16 bits per heavy atom. The molecular weight excluding hydrogens is 454 g/mol. The fourth-order valence-corrected chi connectivity index (χ4v) is 3.01. The Labute approximate surface area is 184 Å². The molecule has 1 aromatic heterocycles. The Balaban J connectivity index is 2.15. The number of rotatable bonds is 6. The number of aromatic nitrogens is 2. The van der Waals surface area contributed by atoms with Crippen LogP contribution in [0.3, 0.4) is 0 Å². The number of halogens is 5. The van der Waals surface area contributed by atoms with Crippen LogP contribution < -0.4 is 10.9 Å². The van der Waals surface area contributed by atoms with Gasteiger partial charge in [-0.05, 0) is 42.8 Å².